The molecular weight excluding hydrogens is 416 g/mol. The molecule has 0 atom stereocenters. The Bertz CT molecular complexity index is 1120. The fourth-order valence-electron chi connectivity index (χ4n) is 3.20. The summed E-state index contributed by atoms with van der Waals surface area (Å²) in [7, 11) is -3.72. The van der Waals surface area contributed by atoms with Gasteiger partial charge in [-0.1, -0.05) is 18.2 Å². The Morgan fingerprint density at radius 2 is 1.68 bits per heavy atom. The molecule has 4 rings (SSSR count). The van der Waals surface area contributed by atoms with Gasteiger partial charge in [0.15, 0.2) is 0 Å². The van der Waals surface area contributed by atoms with Crippen LogP contribution in [0.25, 0.3) is 0 Å². The minimum Gasteiger partial charge on any atom is -0.457 e. The Kier molecular flexibility index (Phi) is 6.45. The monoisotopic (exact) mass is 440 g/mol. The highest BCUT2D eigenvalue weighted by Crippen LogP contribution is 2.22. The van der Waals surface area contributed by atoms with Gasteiger partial charge in [0, 0.05) is 24.8 Å². The summed E-state index contributed by atoms with van der Waals surface area (Å²) >= 11 is 0. The second-order valence-corrected chi connectivity index (χ2v) is 8.86. The molecule has 0 radical (unpaired) electrons. The fourth-order valence-corrected chi connectivity index (χ4v) is 4.18. The first kappa shape index (κ1) is 21.2. The fraction of sp³-hybridized carbons (Fsp3) is 0.273. The van der Waals surface area contributed by atoms with Gasteiger partial charge in [-0.2, -0.15) is 0 Å². The molecule has 0 unspecified atom stereocenters. The van der Waals surface area contributed by atoms with Gasteiger partial charge in [-0.3, -0.25) is 0 Å². The molecular formula is C22H24N4O4S. The summed E-state index contributed by atoms with van der Waals surface area (Å²) in [4.78, 5) is 11.2. The van der Waals surface area contributed by atoms with Crippen LogP contribution in [0.5, 0.6) is 11.5 Å². The number of aryl methyl sites for hydroxylation is 1. The van der Waals surface area contributed by atoms with Gasteiger partial charge < -0.3 is 14.4 Å². The van der Waals surface area contributed by atoms with E-state index in [1.807, 2.05) is 43.3 Å². The minimum absolute atomic E-state index is 0.00359. The van der Waals surface area contributed by atoms with Crippen molar-refractivity contribution in [3.63, 3.8) is 0 Å². The lowest BCUT2D eigenvalue weighted by molar-refractivity contribution is 0.122. The van der Waals surface area contributed by atoms with Gasteiger partial charge in [-0.05, 0) is 43.3 Å². The standard InChI is InChI=1S/C22H24N4O4S/c1-17-15-22(26-11-13-29-14-12-26)25-21(24-17)16-23-31(27,28)20-9-7-19(8-10-20)30-18-5-3-2-4-6-18/h2-10,15,23H,11-14,16H2,1H3. The highest BCUT2D eigenvalue weighted by atomic mass is 32.2. The van der Waals surface area contributed by atoms with Crippen molar-refractivity contribution in [2.75, 3.05) is 31.2 Å². The van der Waals surface area contributed by atoms with E-state index in [2.05, 4.69) is 19.6 Å². The molecule has 1 aliphatic heterocycles. The molecule has 2 heterocycles. The third kappa shape index (κ3) is 5.57. The van der Waals surface area contributed by atoms with Crippen LogP contribution in [0.2, 0.25) is 0 Å². The maximum Gasteiger partial charge on any atom is 0.240 e. The Morgan fingerprint density at radius 1 is 1.00 bits per heavy atom. The van der Waals surface area contributed by atoms with Crippen LogP contribution in [0.4, 0.5) is 5.82 Å². The molecule has 0 bridgehead atoms. The van der Waals surface area contributed by atoms with Crippen molar-refractivity contribution in [1.29, 1.82) is 0 Å². The molecule has 1 fully saturated rings. The van der Waals surface area contributed by atoms with Gasteiger partial charge in [0.25, 0.3) is 0 Å². The third-order valence-electron chi connectivity index (χ3n) is 4.76. The number of sulfonamides is 1. The van der Waals surface area contributed by atoms with Crippen molar-refractivity contribution >= 4 is 15.8 Å². The normalized spacial score (nSPS) is 14.4. The van der Waals surface area contributed by atoms with Gasteiger partial charge in [0.05, 0.1) is 24.7 Å². The van der Waals surface area contributed by atoms with Crippen molar-refractivity contribution < 1.29 is 17.9 Å². The van der Waals surface area contributed by atoms with Crippen LogP contribution in [0.3, 0.4) is 0 Å². The molecule has 1 aliphatic rings. The summed E-state index contributed by atoms with van der Waals surface area (Å²) in [6.45, 7) is 4.67. The van der Waals surface area contributed by atoms with E-state index >= 15 is 0 Å². The summed E-state index contributed by atoms with van der Waals surface area (Å²) in [6, 6.07) is 17.5. The quantitative estimate of drug-likeness (QED) is 0.604. The predicted octanol–water partition coefficient (Wildman–Crippen LogP) is 2.89. The number of anilines is 1. The molecule has 0 aliphatic carbocycles. The first-order valence-corrected chi connectivity index (χ1v) is 11.5. The van der Waals surface area contributed by atoms with Crippen molar-refractivity contribution in [2.45, 2.75) is 18.4 Å². The first-order valence-electron chi connectivity index (χ1n) is 9.99. The topological polar surface area (TPSA) is 93.7 Å². The summed E-state index contributed by atoms with van der Waals surface area (Å²) < 4.78 is 39.1. The van der Waals surface area contributed by atoms with Crippen LogP contribution in [0.15, 0.2) is 65.6 Å². The molecule has 1 N–H and O–H groups in total. The number of benzene rings is 2. The summed E-state index contributed by atoms with van der Waals surface area (Å²) in [5.74, 6) is 2.45. The Labute approximate surface area is 181 Å². The molecule has 0 spiro atoms. The van der Waals surface area contributed by atoms with E-state index in [-0.39, 0.29) is 11.4 Å². The number of aromatic nitrogens is 2. The Hall–Kier alpha value is -3.01. The number of nitrogens with zero attached hydrogens (tertiary/aromatic N) is 3. The molecule has 1 saturated heterocycles. The smallest absolute Gasteiger partial charge is 0.240 e. The molecule has 2 aromatic carbocycles. The summed E-state index contributed by atoms with van der Waals surface area (Å²) in [6.07, 6.45) is 0. The van der Waals surface area contributed by atoms with Crippen LogP contribution < -0.4 is 14.4 Å². The molecule has 1 aromatic heterocycles. The second kappa shape index (κ2) is 9.42. The third-order valence-corrected chi connectivity index (χ3v) is 6.17. The molecule has 0 saturated carbocycles. The van der Waals surface area contributed by atoms with E-state index in [0.717, 1.165) is 24.6 Å². The number of ether oxygens (including phenoxy) is 2. The van der Waals surface area contributed by atoms with Crippen molar-refractivity contribution in [1.82, 2.24) is 14.7 Å². The number of para-hydroxylation sites is 1. The number of hydrogen-bond acceptors (Lipinski definition) is 7. The van der Waals surface area contributed by atoms with Crippen LogP contribution in [0, 0.1) is 6.92 Å². The predicted molar refractivity (Wildman–Crippen MR) is 117 cm³/mol. The van der Waals surface area contributed by atoms with E-state index in [1.165, 1.54) is 12.1 Å². The van der Waals surface area contributed by atoms with E-state index in [0.29, 0.717) is 30.5 Å². The lowest BCUT2D eigenvalue weighted by Gasteiger charge is -2.28. The molecule has 3 aromatic rings. The average Bonchev–Trinajstić information content (AvgIpc) is 2.79. The van der Waals surface area contributed by atoms with Gasteiger partial charge in [-0.25, -0.2) is 23.1 Å². The van der Waals surface area contributed by atoms with Crippen LogP contribution in [-0.2, 0) is 21.3 Å². The zero-order valence-corrected chi connectivity index (χ0v) is 18.0. The van der Waals surface area contributed by atoms with Crippen molar-refractivity contribution in [3.8, 4) is 11.5 Å². The molecule has 0 amide bonds. The zero-order valence-electron chi connectivity index (χ0n) is 17.2. The zero-order chi connectivity index (χ0) is 21.7. The molecule has 162 valence electrons. The second-order valence-electron chi connectivity index (χ2n) is 7.09. The van der Waals surface area contributed by atoms with Crippen LogP contribution in [0.1, 0.15) is 11.5 Å². The van der Waals surface area contributed by atoms with Gasteiger partial charge >= 0.3 is 0 Å². The molecule has 8 nitrogen and oxygen atoms in total. The highest BCUT2D eigenvalue weighted by molar-refractivity contribution is 7.89. The van der Waals surface area contributed by atoms with Crippen molar-refractivity contribution in [2.24, 2.45) is 0 Å². The lowest BCUT2D eigenvalue weighted by Crippen LogP contribution is -2.37. The first-order chi connectivity index (χ1) is 15.0. The van der Waals surface area contributed by atoms with E-state index in [1.54, 1.807) is 12.1 Å². The van der Waals surface area contributed by atoms with E-state index < -0.39 is 10.0 Å². The van der Waals surface area contributed by atoms with E-state index in [9.17, 15) is 8.42 Å². The van der Waals surface area contributed by atoms with Gasteiger partial charge in [0.2, 0.25) is 10.0 Å². The van der Waals surface area contributed by atoms with E-state index in [4.69, 9.17) is 9.47 Å². The van der Waals surface area contributed by atoms with Gasteiger partial charge in [-0.15, -0.1) is 0 Å². The highest BCUT2D eigenvalue weighted by Gasteiger charge is 2.17. The maximum absolute atomic E-state index is 12.7. The van der Waals surface area contributed by atoms with Crippen LogP contribution >= 0.6 is 0 Å². The number of nitrogens with one attached hydrogen (secondary N) is 1. The Morgan fingerprint density at radius 3 is 2.39 bits per heavy atom. The summed E-state index contributed by atoms with van der Waals surface area (Å²) in [5, 5.41) is 0. The SMILES string of the molecule is Cc1cc(N2CCOCC2)nc(CNS(=O)(=O)c2ccc(Oc3ccccc3)cc2)n1. The Balaban J connectivity index is 1.42. The molecule has 31 heavy (non-hydrogen) atoms. The largest absolute Gasteiger partial charge is 0.457 e. The maximum atomic E-state index is 12.7. The van der Waals surface area contributed by atoms with Crippen molar-refractivity contribution in [3.05, 3.63) is 72.2 Å². The van der Waals surface area contributed by atoms with Crippen LogP contribution in [-0.4, -0.2) is 44.7 Å². The minimum atomic E-state index is -3.72. The molecule has 9 heteroatoms. The number of morpholine rings is 1. The lowest BCUT2D eigenvalue weighted by atomic mass is 10.3. The van der Waals surface area contributed by atoms with Gasteiger partial charge in [0.1, 0.15) is 23.1 Å². The summed E-state index contributed by atoms with van der Waals surface area (Å²) in [5.41, 5.74) is 0.785. The number of hydrogen-bond donors (Lipinski definition) is 1. The number of rotatable bonds is 7. The average molecular weight is 441 g/mol.